The predicted molar refractivity (Wildman–Crippen MR) is 122 cm³/mol. The van der Waals surface area contributed by atoms with Gasteiger partial charge in [-0.1, -0.05) is 60.7 Å². The molecule has 0 aliphatic carbocycles. The van der Waals surface area contributed by atoms with E-state index in [1.807, 2.05) is 48.5 Å². The zero-order chi connectivity index (χ0) is 23.5. The lowest BCUT2D eigenvalue weighted by atomic mass is 10.0. The summed E-state index contributed by atoms with van der Waals surface area (Å²) in [5.74, 6) is -1.75. The molecule has 3 aromatic carbocycles. The SMILES string of the molecule is Cc1c(C(=O)NC(Cc2ccc(C(F)F)cc2)C(=O)O)[nH]c2ccc(-c3ccccc3)cc12. The molecular formula is C26H22F2N2O3. The Morgan fingerprint density at radius 3 is 2.30 bits per heavy atom. The molecular weight excluding hydrogens is 426 g/mol. The van der Waals surface area contributed by atoms with Gasteiger partial charge in [0.25, 0.3) is 12.3 Å². The Hall–Kier alpha value is -4.00. The molecule has 0 fully saturated rings. The van der Waals surface area contributed by atoms with Gasteiger partial charge in [0.2, 0.25) is 0 Å². The molecule has 0 radical (unpaired) electrons. The maximum atomic E-state index is 12.9. The van der Waals surface area contributed by atoms with Crippen LogP contribution < -0.4 is 5.32 Å². The number of halogens is 2. The van der Waals surface area contributed by atoms with Gasteiger partial charge in [0, 0.05) is 22.9 Å². The average Bonchev–Trinajstić information content (AvgIpc) is 3.15. The van der Waals surface area contributed by atoms with Crippen molar-refractivity contribution in [3.05, 3.63) is 95.2 Å². The highest BCUT2D eigenvalue weighted by Crippen LogP contribution is 2.28. The number of nitrogens with one attached hydrogen (secondary N) is 2. The summed E-state index contributed by atoms with van der Waals surface area (Å²) in [5.41, 5.74) is 4.22. The summed E-state index contributed by atoms with van der Waals surface area (Å²) in [5, 5.41) is 13.0. The van der Waals surface area contributed by atoms with Crippen LogP contribution >= 0.6 is 0 Å². The number of carboxylic acids is 1. The van der Waals surface area contributed by atoms with Gasteiger partial charge < -0.3 is 15.4 Å². The molecule has 3 N–H and O–H groups in total. The third kappa shape index (κ3) is 4.77. The molecule has 1 unspecified atom stereocenters. The molecule has 0 saturated carbocycles. The van der Waals surface area contributed by atoms with Crippen molar-refractivity contribution in [1.82, 2.24) is 10.3 Å². The number of carbonyl (C=O) groups excluding carboxylic acids is 1. The van der Waals surface area contributed by atoms with Gasteiger partial charge in [-0.3, -0.25) is 4.79 Å². The van der Waals surface area contributed by atoms with Crippen LogP contribution in [0.4, 0.5) is 8.78 Å². The second-order valence-corrected chi connectivity index (χ2v) is 7.86. The van der Waals surface area contributed by atoms with Gasteiger partial charge in [-0.2, -0.15) is 0 Å². The topological polar surface area (TPSA) is 82.2 Å². The molecule has 1 atom stereocenters. The Kier molecular flexibility index (Phi) is 6.22. The van der Waals surface area contributed by atoms with Crippen LogP contribution in [0.25, 0.3) is 22.0 Å². The van der Waals surface area contributed by atoms with Crippen molar-refractivity contribution in [3.63, 3.8) is 0 Å². The number of carboxylic acid groups (broad SMARTS) is 1. The highest BCUT2D eigenvalue weighted by atomic mass is 19.3. The van der Waals surface area contributed by atoms with E-state index in [0.29, 0.717) is 11.1 Å². The number of benzene rings is 3. The fourth-order valence-corrected chi connectivity index (χ4v) is 3.83. The monoisotopic (exact) mass is 448 g/mol. The van der Waals surface area contributed by atoms with Crippen molar-refractivity contribution in [1.29, 1.82) is 0 Å². The minimum Gasteiger partial charge on any atom is -0.480 e. The molecule has 4 rings (SSSR count). The molecule has 7 heteroatoms. The van der Waals surface area contributed by atoms with Crippen molar-refractivity contribution in [3.8, 4) is 11.1 Å². The number of carbonyl (C=O) groups is 2. The second kappa shape index (κ2) is 9.24. The summed E-state index contributed by atoms with van der Waals surface area (Å²) >= 11 is 0. The summed E-state index contributed by atoms with van der Waals surface area (Å²) in [6.45, 7) is 1.81. The van der Waals surface area contributed by atoms with E-state index in [2.05, 4.69) is 10.3 Å². The van der Waals surface area contributed by atoms with Crippen LogP contribution in [0.15, 0.2) is 72.8 Å². The summed E-state index contributed by atoms with van der Waals surface area (Å²) in [4.78, 5) is 27.8. The Morgan fingerprint density at radius 2 is 1.67 bits per heavy atom. The van der Waals surface area contributed by atoms with Gasteiger partial charge in [0.15, 0.2) is 0 Å². The molecule has 5 nitrogen and oxygen atoms in total. The number of amides is 1. The maximum absolute atomic E-state index is 12.9. The molecule has 0 saturated heterocycles. The third-order valence-corrected chi connectivity index (χ3v) is 5.67. The molecule has 0 aliphatic heterocycles. The average molecular weight is 448 g/mol. The molecule has 0 bridgehead atoms. The highest BCUT2D eigenvalue weighted by Gasteiger charge is 2.24. The van der Waals surface area contributed by atoms with Gasteiger partial charge in [0.05, 0.1) is 0 Å². The molecule has 4 aromatic rings. The number of aromatic nitrogens is 1. The van der Waals surface area contributed by atoms with Crippen LogP contribution in [0.5, 0.6) is 0 Å². The molecule has 0 aliphatic rings. The number of fused-ring (bicyclic) bond motifs is 1. The van der Waals surface area contributed by atoms with Crippen molar-refractivity contribution in [2.24, 2.45) is 0 Å². The molecule has 168 valence electrons. The zero-order valence-corrected chi connectivity index (χ0v) is 17.8. The third-order valence-electron chi connectivity index (χ3n) is 5.67. The molecule has 1 amide bonds. The molecule has 1 heterocycles. The Labute approximate surface area is 189 Å². The van der Waals surface area contributed by atoms with Crippen molar-refractivity contribution in [2.75, 3.05) is 0 Å². The summed E-state index contributed by atoms with van der Waals surface area (Å²) in [7, 11) is 0. The number of aryl methyl sites for hydroxylation is 1. The number of aliphatic carboxylic acids is 1. The summed E-state index contributed by atoms with van der Waals surface area (Å²) < 4.78 is 25.5. The normalized spacial score (nSPS) is 12.1. The number of alkyl halides is 2. The van der Waals surface area contributed by atoms with Gasteiger partial charge >= 0.3 is 5.97 Å². The number of aromatic amines is 1. The standard InChI is InChI=1S/C26H22F2N2O3/c1-15-20-14-19(17-5-3-2-4-6-17)11-12-21(20)29-23(15)25(31)30-22(26(32)33)13-16-7-9-18(10-8-16)24(27)28/h2-12,14,22,24,29H,13H2,1H3,(H,30,31)(H,32,33). The predicted octanol–water partition coefficient (Wildman–Crippen LogP) is 5.51. The molecule has 0 spiro atoms. The van der Waals surface area contributed by atoms with E-state index in [9.17, 15) is 23.5 Å². The van der Waals surface area contributed by atoms with Crippen LogP contribution in [-0.4, -0.2) is 28.0 Å². The maximum Gasteiger partial charge on any atom is 0.326 e. The van der Waals surface area contributed by atoms with Crippen molar-refractivity contribution in [2.45, 2.75) is 25.8 Å². The molecule has 33 heavy (non-hydrogen) atoms. The van der Waals surface area contributed by atoms with E-state index in [-0.39, 0.29) is 17.7 Å². The Balaban J connectivity index is 1.56. The van der Waals surface area contributed by atoms with Crippen molar-refractivity contribution < 1.29 is 23.5 Å². The van der Waals surface area contributed by atoms with Crippen LogP contribution in [0, 0.1) is 6.92 Å². The smallest absolute Gasteiger partial charge is 0.326 e. The lowest BCUT2D eigenvalue weighted by molar-refractivity contribution is -0.139. The van der Waals surface area contributed by atoms with Gasteiger partial charge in [-0.15, -0.1) is 0 Å². The highest BCUT2D eigenvalue weighted by molar-refractivity contribution is 6.03. The molecule has 1 aromatic heterocycles. The minimum absolute atomic E-state index is 0.0258. The van der Waals surface area contributed by atoms with Gasteiger partial charge in [0.1, 0.15) is 11.7 Å². The number of hydrogen-bond acceptors (Lipinski definition) is 2. The first-order valence-corrected chi connectivity index (χ1v) is 10.4. The summed E-state index contributed by atoms with van der Waals surface area (Å²) in [6.07, 6.45) is -2.62. The van der Waals surface area contributed by atoms with E-state index in [4.69, 9.17) is 0 Å². The van der Waals surface area contributed by atoms with Crippen LogP contribution in [-0.2, 0) is 11.2 Å². The second-order valence-electron chi connectivity index (χ2n) is 7.86. The van der Waals surface area contributed by atoms with Gasteiger partial charge in [-0.25, -0.2) is 13.6 Å². The lowest BCUT2D eigenvalue weighted by Crippen LogP contribution is -2.42. The van der Waals surface area contributed by atoms with E-state index in [0.717, 1.165) is 22.0 Å². The fraction of sp³-hybridized carbons (Fsp3) is 0.154. The first-order chi connectivity index (χ1) is 15.8. The van der Waals surface area contributed by atoms with E-state index >= 15 is 0 Å². The van der Waals surface area contributed by atoms with E-state index < -0.39 is 24.3 Å². The summed E-state index contributed by atoms with van der Waals surface area (Å²) in [6, 6.07) is 19.9. The lowest BCUT2D eigenvalue weighted by Gasteiger charge is -2.15. The Morgan fingerprint density at radius 1 is 0.970 bits per heavy atom. The van der Waals surface area contributed by atoms with E-state index in [1.165, 1.54) is 24.3 Å². The first-order valence-electron chi connectivity index (χ1n) is 10.4. The van der Waals surface area contributed by atoms with Gasteiger partial charge in [-0.05, 0) is 41.3 Å². The first kappa shape index (κ1) is 22.2. The van der Waals surface area contributed by atoms with Crippen LogP contribution in [0.3, 0.4) is 0 Å². The quantitative estimate of drug-likeness (QED) is 0.349. The number of H-pyrrole nitrogens is 1. The Bertz CT molecular complexity index is 1300. The number of rotatable bonds is 7. The minimum atomic E-state index is -2.60. The van der Waals surface area contributed by atoms with Crippen LogP contribution in [0.1, 0.15) is 33.6 Å². The van der Waals surface area contributed by atoms with Crippen LogP contribution in [0.2, 0.25) is 0 Å². The number of hydrogen-bond donors (Lipinski definition) is 3. The fourth-order valence-electron chi connectivity index (χ4n) is 3.83. The zero-order valence-electron chi connectivity index (χ0n) is 17.8. The van der Waals surface area contributed by atoms with E-state index in [1.54, 1.807) is 6.92 Å². The largest absolute Gasteiger partial charge is 0.480 e. The van der Waals surface area contributed by atoms with Crippen molar-refractivity contribution >= 4 is 22.8 Å².